The van der Waals surface area contributed by atoms with Crippen LogP contribution in [0.3, 0.4) is 0 Å². The molecule has 74 valence electrons. The maximum atomic E-state index is 5.99. The predicted molar refractivity (Wildman–Crippen MR) is 52.7 cm³/mol. The van der Waals surface area contributed by atoms with Crippen LogP contribution < -0.4 is 17.0 Å². The van der Waals surface area contributed by atoms with Gasteiger partial charge >= 0.3 is 0 Å². The Kier molecular flexibility index (Phi) is 3.74. The highest BCUT2D eigenvalue weighted by Gasteiger charge is 2.22. The van der Waals surface area contributed by atoms with Crippen LogP contribution in [0.1, 0.15) is 6.92 Å². The Morgan fingerprint density at radius 3 is 2.92 bits per heavy atom. The van der Waals surface area contributed by atoms with E-state index in [-0.39, 0.29) is 18.2 Å². The molecule has 4 nitrogen and oxygen atoms in total. The van der Waals surface area contributed by atoms with Crippen LogP contribution in [0.5, 0.6) is 0 Å². The van der Waals surface area contributed by atoms with Gasteiger partial charge in [-0.1, -0.05) is 6.08 Å². The molecule has 0 aromatic rings. The lowest BCUT2D eigenvalue weighted by Crippen LogP contribution is -2.29. The average Bonchev–Trinajstić information content (AvgIpc) is 2.42. The number of nitrogens with two attached hydrogens (primary N) is 2. The molecule has 0 heterocycles. The highest BCUT2D eigenvalue weighted by Crippen LogP contribution is 2.25. The zero-order valence-electron chi connectivity index (χ0n) is 7.46. The molecule has 5 heteroatoms. The predicted octanol–water partition coefficient (Wildman–Crippen LogP) is 0.202. The van der Waals surface area contributed by atoms with Crippen molar-refractivity contribution in [2.45, 2.75) is 18.4 Å². The smallest absolute Gasteiger partial charge is 0.109 e. The lowest BCUT2D eigenvalue weighted by Gasteiger charge is -2.17. The summed E-state index contributed by atoms with van der Waals surface area (Å²) in [6.07, 6.45) is 3.51. The van der Waals surface area contributed by atoms with Crippen LogP contribution in [0.15, 0.2) is 23.4 Å². The zero-order valence-corrected chi connectivity index (χ0v) is 8.21. The summed E-state index contributed by atoms with van der Waals surface area (Å²) < 4.78 is 5.32. The molecule has 0 saturated carbocycles. The third-order valence-electron chi connectivity index (χ3n) is 1.93. The molecule has 0 radical (unpaired) electrons. The number of allylic oxidation sites excluding steroid dienone is 2. The Hall–Kier alpha value is -0.550. The van der Waals surface area contributed by atoms with Crippen LogP contribution in [0.4, 0.5) is 0 Å². The van der Waals surface area contributed by atoms with Crippen molar-refractivity contribution in [2.75, 3.05) is 6.73 Å². The topological polar surface area (TPSA) is 73.3 Å². The van der Waals surface area contributed by atoms with E-state index >= 15 is 0 Å². The number of rotatable bonds is 4. The van der Waals surface area contributed by atoms with E-state index in [9.17, 15) is 0 Å². The first kappa shape index (κ1) is 10.5. The highest BCUT2D eigenvalue weighted by atomic mass is 35.5. The number of nitrogens with one attached hydrogen (secondary N) is 1. The van der Waals surface area contributed by atoms with Gasteiger partial charge in [0.2, 0.25) is 0 Å². The van der Waals surface area contributed by atoms with Crippen LogP contribution in [0.2, 0.25) is 0 Å². The molecular weight excluding hydrogens is 190 g/mol. The standard InChI is InChI=1S/C8H14ClN3O/c1-5(13-4-12-11)8-6(9)2-3-7(8)10/h2-3,5-6,12H,4,10-11H2,1H3/t5-,6?/m0/s1. The Labute approximate surface area is 82.5 Å². The molecule has 5 N–H and O–H groups in total. The van der Waals surface area contributed by atoms with Gasteiger partial charge in [0.1, 0.15) is 6.73 Å². The van der Waals surface area contributed by atoms with Gasteiger partial charge in [0.05, 0.1) is 11.5 Å². The third kappa shape index (κ3) is 2.45. The first-order chi connectivity index (χ1) is 6.16. The van der Waals surface area contributed by atoms with E-state index in [1.165, 1.54) is 0 Å². The van der Waals surface area contributed by atoms with Crippen molar-refractivity contribution in [3.8, 4) is 0 Å². The second-order valence-electron chi connectivity index (χ2n) is 2.83. The summed E-state index contributed by atoms with van der Waals surface area (Å²) in [6, 6.07) is 0. The molecule has 1 aliphatic rings. The highest BCUT2D eigenvalue weighted by molar-refractivity contribution is 6.24. The Morgan fingerprint density at radius 2 is 2.46 bits per heavy atom. The minimum atomic E-state index is -0.159. The average molecular weight is 204 g/mol. The zero-order chi connectivity index (χ0) is 9.84. The number of hydrogen-bond donors (Lipinski definition) is 3. The lowest BCUT2D eigenvalue weighted by molar-refractivity contribution is 0.0740. The molecule has 0 aliphatic heterocycles. The largest absolute Gasteiger partial charge is 0.399 e. The fourth-order valence-corrected chi connectivity index (χ4v) is 1.65. The summed E-state index contributed by atoms with van der Waals surface area (Å²) in [6.45, 7) is 2.17. The Bertz CT molecular complexity index is 240. The number of hydrogen-bond acceptors (Lipinski definition) is 4. The van der Waals surface area contributed by atoms with Crippen LogP contribution in [0.25, 0.3) is 0 Å². The van der Waals surface area contributed by atoms with Crippen LogP contribution in [-0.2, 0) is 4.74 Å². The quantitative estimate of drug-likeness (QED) is 0.264. The maximum Gasteiger partial charge on any atom is 0.109 e. The third-order valence-corrected chi connectivity index (χ3v) is 2.31. The van der Waals surface area contributed by atoms with Crippen LogP contribution in [-0.4, -0.2) is 18.2 Å². The molecule has 0 aromatic heterocycles. The molecule has 0 bridgehead atoms. The van der Waals surface area contributed by atoms with Gasteiger partial charge in [-0.2, -0.15) is 0 Å². The first-order valence-electron chi connectivity index (χ1n) is 4.03. The molecule has 1 aliphatic carbocycles. The second-order valence-corrected chi connectivity index (χ2v) is 3.30. The van der Waals surface area contributed by atoms with Crippen molar-refractivity contribution < 1.29 is 4.74 Å². The van der Waals surface area contributed by atoms with Gasteiger partial charge in [-0.05, 0) is 13.0 Å². The van der Waals surface area contributed by atoms with Gasteiger partial charge in [0.25, 0.3) is 0 Å². The van der Waals surface area contributed by atoms with Gasteiger partial charge in [-0.25, -0.2) is 5.43 Å². The lowest BCUT2D eigenvalue weighted by atomic mass is 10.1. The fourth-order valence-electron chi connectivity index (χ4n) is 1.27. The van der Waals surface area contributed by atoms with E-state index in [2.05, 4.69) is 5.43 Å². The molecule has 0 amide bonds. The van der Waals surface area contributed by atoms with E-state index in [1.807, 2.05) is 13.0 Å². The Balaban J connectivity index is 2.56. The normalized spacial score (nSPS) is 24.1. The molecule has 0 spiro atoms. The van der Waals surface area contributed by atoms with E-state index in [0.717, 1.165) is 5.57 Å². The number of hydrazine groups is 1. The maximum absolute atomic E-state index is 5.99. The van der Waals surface area contributed by atoms with Gasteiger partial charge in [-0.15, -0.1) is 11.6 Å². The minimum absolute atomic E-state index is 0.117. The fraction of sp³-hybridized carbons (Fsp3) is 0.500. The molecular formula is C8H14ClN3O. The second kappa shape index (κ2) is 4.62. The van der Waals surface area contributed by atoms with Crippen molar-refractivity contribution >= 4 is 11.6 Å². The number of halogens is 1. The first-order valence-corrected chi connectivity index (χ1v) is 4.47. The summed E-state index contributed by atoms with van der Waals surface area (Å²) in [7, 11) is 0. The van der Waals surface area contributed by atoms with E-state index < -0.39 is 0 Å². The molecule has 13 heavy (non-hydrogen) atoms. The molecule has 0 aromatic carbocycles. The van der Waals surface area contributed by atoms with Crippen molar-refractivity contribution in [3.05, 3.63) is 23.4 Å². The monoisotopic (exact) mass is 203 g/mol. The summed E-state index contributed by atoms with van der Waals surface area (Å²) in [4.78, 5) is 0. The summed E-state index contributed by atoms with van der Waals surface area (Å²) in [5, 5.41) is -0.159. The molecule has 0 fully saturated rings. The van der Waals surface area contributed by atoms with Gasteiger partial charge in [0.15, 0.2) is 0 Å². The molecule has 1 rings (SSSR count). The van der Waals surface area contributed by atoms with E-state index in [4.69, 9.17) is 27.9 Å². The van der Waals surface area contributed by atoms with Crippen molar-refractivity contribution in [1.82, 2.24) is 5.43 Å². The van der Waals surface area contributed by atoms with Gasteiger partial charge < -0.3 is 10.5 Å². The van der Waals surface area contributed by atoms with Gasteiger partial charge in [-0.3, -0.25) is 5.84 Å². The number of alkyl halides is 1. The molecule has 1 unspecified atom stereocenters. The van der Waals surface area contributed by atoms with Crippen molar-refractivity contribution in [3.63, 3.8) is 0 Å². The molecule has 0 saturated heterocycles. The van der Waals surface area contributed by atoms with Gasteiger partial charge in [0, 0.05) is 11.3 Å². The summed E-state index contributed by atoms with van der Waals surface area (Å²) in [5.41, 5.74) is 9.71. The Morgan fingerprint density at radius 1 is 1.77 bits per heavy atom. The van der Waals surface area contributed by atoms with Crippen LogP contribution >= 0.6 is 11.6 Å². The van der Waals surface area contributed by atoms with E-state index in [0.29, 0.717) is 5.70 Å². The molecule has 2 atom stereocenters. The minimum Gasteiger partial charge on any atom is -0.399 e. The summed E-state index contributed by atoms with van der Waals surface area (Å²) in [5.74, 6) is 5.07. The number of ether oxygens (including phenoxy) is 1. The van der Waals surface area contributed by atoms with Crippen molar-refractivity contribution in [1.29, 1.82) is 0 Å². The van der Waals surface area contributed by atoms with Crippen molar-refractivity contribution in [2.24, 2.45) is 11.6 Å². The van der Waals surface area contributed by atoms with E-state index in [1.54, 1.807) is 6.08 Å². The van der Waals surface area contributed by atoms with Crippen LogP contribution in [0, 0.1) is 0 Å². The summed E-state index contributed by atoms with van der Waals surface area (Å²) >= 11 is 5.99. The SMILES string of the molecule is C[C@H](OCNN)C1=C(N)C=CC1Cl.